The van der Waals surface area contributed by atoms with Crippen LogP contribution in [0, 0.1) is 5.92 Å². The zero-order chi connectivity index (χ0) is 12.7. The smallest absolute Gasteiger partial charge is 0.237 e. The fourth-order valence-electron chi connectivity index (χ4n) is 2.01. The third-order valence-corrected chi connectivity index (χ3v) is 3.39. The second-order valence-electron chi connectivity index (χ2n) is 4.43. The molecule has 0 aromatic heterocycles. The third-order valence-electron chi connectivity index (χ3n) is 3.16. The average Bonchev–Trinajstić information content (AvgIpc) is 2.38. The molecule has 1 rings (SSSR count). The SMILES string of the molecule is CCCCNC(=O)C1CCN(C(=O)CCl)CC1. The number of hydrogen-bond acceptors (Lipinski definition) is 2. The summed E-state index contributed by atoms with van der Waals surface area (Å²) >= 11 is 5.50. The van der Waals surface area contributed by atoms with E-state index in [2.05, 4.69) is 12.2 Å². The molecular formula is C12H21ClN2O2. The first kappa shape index (κ1) is 14.3. The van der Waals surface area contributed by atoms with E-state index < -0.39 is 0 Å². The minimum atomic E-state index is -0.0310. The number of amides is 2. The van der Waals surface area contributed by atoms with Gasteiger partial charge in [0.2, 0.25) is 11.8 Å². The maximum absolute atomic E-state index is 11.8. The Hall–Kier alpha value is -0.770. The van der Waals surface area contributed by atoms with Gasteiger partial charge in [-0.2, -0.15) is 0 Å². The molecular weight excluding hydrogens is 240 g/mol. The van der Waals surface area contributed by atoms with Crippen LogP contribution in [0.5, 0.6) is 0 Å². The molecule has 1 N–H and O–H groups in total. The molecule has 4 nitrogen and oxygen atoms in total. The van der Waals surface area contributed by atoms with Crippen molar-refractivity contribution in [1.29, 1.82) is 0 Å². The van der Waals surface area contributed by atoms with Gasteiger partial charge in [-0.1, -0.05) is 13.3 Å². The maximum atomic E-state index is 11.8. The summed E-state index contributed by atoms with van der Waals surface area (Å²) in [5, 5.41) is 2.94. The molecule has 98 valence electrons. The average molecular weight is 261 g/mol. The van der Waals surface area contributed by atoms with Crippen molar-refractivity contribution in [2.24, 2.45) is 5.92 Å². The van der Waals surface area contributed by atoms with E-state index in [0.717, 1.165) is 32.2 Å². The number of nitrogens with zero attached hydrogens (tertiary/aromatic N) is 1. The first-order chi connectivity index (χ1) is 8.19. The van der Waals surface area contributed by atoms with Crippen LogP contribution in [-0.4, -0.2) is 42.2 Å². The number of halogens is 1. The summed E-state index contributed by atoms with van der Waals surface area (Å²) < 4.78 is 0. The van der Waals surface area contributed by atoms with Crippen LogP contribution in [0.2, 0.25) is 0 Å². The zero-order valence-electron chi connectivity index (χ0n) is 10.4. The highest BCUT2D eigenvalue weighted by atomic mass is 35.5. The van der Waals surface area contributed by atoms with E-state index in [9.17, 15) is 9.59 Å². The maximum Gasteiger partial charge on any atom is 0.237 e. The Morgan fingerprint density at radius 2 is 2.00 bits per heavy atom. The van der Waals surface area contributed by atoms with Crippen molar-refractivity contribution < 1.29 is 9.59 Å². The van der Waals surface area contributed by atoms with Crippen molar-refractivity contribution in [3.05, 3.63) is 0 Å². The molecule has 0 aliphatic carbocycles. The van der Waals surface area contributed by atoms with E-state index >= 15 is 0 Å². The van der Waals surface area contributed by atoms with E-state index in [1.54, 1.807) is 4.90 Å². The van der Waals surface area contributed by atoms with E-state index in [0.29, 0.717) is 13.1 Å². The van der Waals surface area contributed by atoms with Gasteiger partial charge in [0.15, 0.2) is 0 Å². The summed E-state index contributed by atoms with van der Waals surface area (Å²) in [4.78, 5) is 24.9. The highest BCUT2D eigenvalue weighted by molar-refractivity contribution is 6.27. The van der Waals surface area contributed by atoms with Gasteiger partial charge >= 0.3 is 0 Å². The number of alkyl halides is 1. The number of carbonyl (C=O) groups is 2. The molecule has 5 heteroatoms. The fourth-order valence-corrected chi connectivity index (χ4v) is 2.18. The van der Waals surface area contributed by atoms with Gasteiger partial charge in [-0.25, -0.2) is 0 Å². The largest absolute Gasteiger partial charge is 0.356 e. The number of rotatable bonds is 5. The van der Waals surface area contributed by atoms with Crippen LogP contribution in [0.15, 0.2) is 0 Å². The number of likely N-dealkylation sites (tertiary alicyclic amines) is 1. The molecule has 0 saturated carbocycles. The summed E-state index contributed by atoms with van der Waals surface area (Å²) in [5.74, 6) is 0.201. The molecule has 0 bridgehead atoms. The molecule has 1 saturated heterocycles. The number of unbranched alkanes of at least 4 members (excludes halogenated alkanes) is 1. The van der Waals surface area contributed by atoms with Gasteiger partial charge in [0.25, 0.3) is 0 Å². The minimum Gasteiger partial charge on any atom is -0.356 e. The predicted molar refractivity (Wildman–Crippen MR) is 67.9 cm³/mol. The molecule has 0 aromatic carbocycles. The van der Waals surface area contributed by atoms with Crippen molar-refractivity contribution in [3.8, 4) is 0 Å². The van der Waals surface area contributed by atoms with Gasteiger partial charge in [-0.3, -0.25) is 9.59 Å². The van der Waals surface area contributed by atoms with Gasteiger partial charge < -0.3 is 10.2 Å². The highest BCUT2D eigenvalue weighted by Crippen LogP contribution is 2.17. The van der Waals surface area contributed by atoms with E-state index in [1.807, 2.05) is 0 Å². The van der Waals surface area contributed by atoms with E-state index in [1.165, 1.54) is 0 Å². The fraction of sp³-hybridized carbons (Fsp3) is 0.833. The summed E-state index contributed by atoms with van der Waals surface area (Å²) in [5.41, 5.74) is 0. The van der Waals surface area contributed by atoms with Gasteiger partial charge in [-0.15, -0.1) is 11.6 Å². The molecule has 0 radical (unpaired) electrons. The molecule has 0 atom stereocenters. The van der Waals surface area contributed by atoms with Crippen molar-refractivity contribution in [2.45, 2.75) is 32.6 Å². The van der Waals surface area contributed by atoms with Crippen molar-refractivity contribution in [3.63, 3.8) is 0 Å². The Balaban J connectivity index is 2.26. The number of carbonyl (C=O) groups excluding carboxylic acids is 2. The lowest BCUT2D eigenvalue weighted by atomic mass is 9.96. The lowest BCUT2D eigenvalue weighted by molar-refractivity contribution is -0.133. The lowest BCUT2D eigenvalue weighted by Crippen LogP contribution is -2.43. The van der Waals surface area contributed by atoms with Gasteiger partial charge in [0.1, 0.15) is 5.88 Å². The minimum absolute atomic E-state index is 0.0310. The Kier molecular flexibility index (Phi) is 6.34. The molecule has 1 heterocycles. The van der Waals surface area contributed by atoms with Crippen LogP contribution >= 0.6 is 11.6 Å². The van der Waals surface area contributed by atoms with E-state index in [-0.39, 0.29) is 23.6 Å². The number of hydrogen-bond donors (Lipinski definition) is 1. The summed E-state index contributed by atoms with van der Waals surface area (Å²) in [6.07, 6.45) is 3.61. The van der Waals surface area contributed by atoms with Crippen LogP contribution in [0.25, 0.3) is 0 Å². The second-order valence-corrected chi connectivity index (χ2v) is 4.70. The first-order valence-electron chi connectivity index (χ1n) is 6.30. The predicted octanol–water partition coefficient (Wildman–Crippen LogP) is 1.38. The Morgan fingerprint density at radius 1 is 1.35 bits per heavy atom. The van der Waals surface area contributed by atoms with Crippen LogP contribution in [0.3, 0.4) is 0 Å². The van der Waals surface area contributed by atoms with E-state index in [4.69, 9.17) is 11.6 Å². The van der Waals surface area contributed by atoms with Crippen molar-refractivity contribution in [1.82, 2.24) is 10.2 Å². The molecule has 1 aliphatic heterocycles. The van der Waals surface area contributed by atoms with Gasteiger partial charge in [0.05, 0.1) is 0 Å². The van der Waals surface area contributed by atoms with Crippen LogP contribution in [-0.2, 0) is 9.59 Å². The summed E-state index contributed by atoms with van der Waals surface area (Å²) in [6.45, 7) is 4.16. The normalized spacial score (nSPS) is 16.9. The molecule has 17 heavy (non-hydrogen) atoms. The number of piperidine rings is 1. The summed E-state index contributed by atoms with van der Waals surface area (Å²) in [7, 11) is 0. The molecule has 2 amide bonds. The Labute approximate surface area is 108 Å². The lowest BCUT2D eigenvalue weighted by Gasteiger charge is -2.30. The van der Waals surface area contributed by atoms with Crippen LogP contribution in [0.1, 0.15) is 32.6 Å². The number of nitrogens with one attached hydrogen (secondary N) is 1. The molecule has 0 aromatic rings. The van der Waals surface area contributed by atoms with Crippen molar-refractivity contribution in [2.75, 3.05) is 25.5 Å². The Bertz CT molecular complexity index is 263. The second kappa shape index (κ2) is 7.54. The van der Waals surface area contributed by atoms with Crippen LogP contribution < -0.4 is 5.32 Å². The Morgan fingerprint density at radius 3 is 2.53 bits per heavy atom. The molecule has 1 aliphatic rings. The highest BCUT2D eigenvalue weighted by Gasteiger charge is 2.26. The van der Waals surface area contributed by atoms with Crippen molar-refractivity contribution >= 4 is 23.4 Å². The quantitative estimate of drug-likeness (QED) is 0.600. The first-order valence-corrected chi connectivity index (χ1v) is 6.84. The summed E-state index contributed by atoms with van der Waals surface area (Å²) in [6, 6.07) is 0. The topological polar surface area (TPSA) is 49.4 Å². The third kappa shape index (κ3) is 4.54. The standard InChI is InChI=1S/C12H21ClN2O2/c1-2-3-6-14-12(17)10-4-7-15(8-5-10)11(16)9-13/h10H,2-9H2,1H3,(H,14,17). The monoisotopic (exact) mass is 260 g/mol. The van der Waals surface area contributed by atoms with Gasteiger partial charge in [-0.05, 0) is 19.3 Å². The molecule has 0 unspecified atom stereocenters. The van der Waals surface area contributed by atoms with Gasteiger partial charge in [0, 0.05) is 25.6 Å². The molecule has 0 spiro atoms. The zero-order valence-corrected chi connectivity index (χ0v) is 11.1. The van der Waals surface area contributed by atoms with Crippen LogP contribution in [0.4, 0.5) is 0 Å². The molecule has 1 fully saturated rings.